The van der Waals surface area contributed by atoms with Gasteiger partial charge in [-0.15, -0.1) is 0 Å². The van der Waals surface area contributed by atoms with Gasteiger partial charge in [0.1, 0.15) is 0 Å². The Bertz CT molecular complexity index is 163. The monoisotopic (exact) mass is 287 g/mol. The topological polar surface area (TPSA) is 176 Å². The maximum absolute atomic E-state index is 6.88. The van der Waals surface area contributed by atoms with Crippen molar-refractivity contribution in [3.63, 3.8) is 0 Å². The Labute approximate surface area is 101 Å². The van der Waals surface area contributed by atoms with Crippen LogP contribution >= 0.6 is 0 Å². The van der Waals surface area contributed by atoms with Crippen molar-refractivity contribution in [3.05, 3.63) is 0 Å². The van der Waals surface area contributed by atoms with E-state index in [0.717, 1.165) is 25.0 Å². The van der Waals surface area contributed by atoms with Gasteiger partial charge in [0.25, 0.3) is 25.0 Å². The van der Waals surface area contributed by atoms with Gasteiger partial charge < -0.3 is 20.4 Å². The van der Waals surface area contributed by atoms with Crippen molar-refractivity contribution in [2.45, 2.75) is 0 Å². The molecule has 4 N–H and O–H groups in total. The second-order valence-electron chi connectivity index (χ2n) is 0.400. The molecule has 0 unspecified atom stereocenters. The summed E-state index contributed by atoms with van der Waals surface area (Å²) in [7, 11) is 0. The number of aliphatic hydroxyl groups is 4. The van der Waals surface area contributed by atoms with Crippen LogP contribution in [0.4, 0.5) is 0 Å². The molecule has 0 rings (SSSR count). The summed E-state index contributed by atoms with van der Waals surface area (Å²) >= 11 is 0. The number of hydrogen-bond donors (Lipinski definition) is 4. The molecule has 14 heavy (non-hydrogen) atoms. The SMILES string of the molecule is N#CO.N#CO.N#CO.N#CO.[Co].[Fe]. The maximum atomic E-state index is 6.88. The maximum Gasteiger partial charge on any atom is 0.283 e. The molecular weight excluding hydrogens is 283 g/mol. The molecule has 10 heteroatoms. The van der Waals surface area contributed by atoms with Gasteiger partial charge in [0.05, 0.1) is 0 Å². The van der Waals surface area contributed by atoms with E-state index in [4.69, 9.17) is 41.5 Å². The van der Waals surface area contributed by atoms with Crippen LogP contribution in [0.2, 0.25) is 0 Å². The molecule has 0 spiro atoms. The Balaban J connectivity index is -0.0000000145. The van der Waals surface area contributed by atoms with E-state index in [9.17, 15) is 0 Å². The van der Waals surface area contributed by atoms with Crippen LogP contribution in [-0.4, -0.2) is 20.4 Å². The average molecular weight is 287 g/mol. The van der Waals surface area contributed by atoms with E-state index in [1.165, 1.54) is 0 Å². The van der Waals surface area contributed by atoms with E-state index in [1.54, 1.807) is 0 Å². The fourth-order valence-corrected chi connectivity index (χ4v) is 0. The molecule has 0 amide bonds. The third kappa shape index (κ3) is 261. The first-order chi connectivity index (χ1) is 5.66. The standard InChI is InChI=1S/4CHNO.Co.Fe/c4*2-1-3;;/h4*3H;;. The zero-order valence-electron chi connectivity index (χ0n) is 6.26. The van der Waals surface area contributed by atoms with E-state index in [2.05, 4.69) is 0 Å². The third-order valence-electron chi connectivity index (χ3n) is 0. The fraction of sp³-hybridized carbons (Fsp3) is 0. The summed E-state index contributed by atoms with van der Waals surface area (Å²) in [5.74, 6) is 0. The van der Waals surface area contributed by atoms with Gasteiger partial charge >= 0.3 is 0 Å². The van der Waals surface area contributed by atoms with Crippen LogP contribution in [0, 0.1) is 46.1 Å². The van der Waals surface area contributed by atoms with Crippen molar-refractivity contribution in [2.24, 2.45) is 0 Å². The van der Waals surface area contributed by atoms with Crippen LogP contribution in [0.3, 0.4) is 0 Å². The summed E-state index contributed by atoms with van der Waals surface area (Å²) in [5, 5.41) is 55.0. The molecule has 0 saturated carbocycles. The van der Waals surface area contributed by atoms with Crippen LogP contribution in [0.15, 0.2) is 0 Å². The van der Waals surface area contributed by atoms with Crippen LogP contribution < -0.4 is 0 Å². The second kappa shape index (κ2) is 243. The molecule has 0 aliphatic carbocycles. The molecule has 0 aliphatic rings. The molecule has 0 aliphatic heterocycles. The number of hydrogen-bond acceptors (Lipinski definition) is 8. The fourth-order valence-electron chi connectivity index (χ4n) is 0. The van der Waals surface area contributed by atoms with Gasteiger partial charge in [-0.05, 0) is 0 Å². The molecular formula is C4H4CoFeN4O4. The Kier molecular flexibility index (Phi) is 691. The Morgan fingerprint density at radius 3 is 0.571 bits per heavy atom. The quantitative estimate of drug-likeness (QED) is 0.335. The molecule has 0 heterocycles. The molecule has 0 fully saturated rings. The first-order valence-electron chi connectivity index (χ1n) is 1.79. The summed E-state index contributed by atoms with van der Waals surface area (Å²) in [6.07, 6.45) is 3.00. The Morgan fingerprint density at radius 2 is 0.571 bits per heavy atom. The molecule has 8 nitrogen and oxygen atoms in total. The average Bonchev–Trinajstić information content (AvgIpc) is 1.92. The van der Waals surface area contributed by atoms with Crippen molar-refractivity contribution in [1.82, 2.24) is 0 Å². The zero-order chi connectivity index (χ0) is 10.8. The van der Waals surface area contributed by atoms with E-state index in [-0.39, 0.29) is 33.8 Å². The van der Waals surface area contributed by atoms with Crippen molar-refractivity contribution in [2.75, 3.05) is 0 Å². The van der Waals surface area contributed by atoms with Crippen LogP contribution in [0.5, 0.6) is 0 Å². The molecule has 81 valence electrons. The van der Waals surface area contributed by atoms with Crippen molar-refractivity contribution in [3.8, 4) is 25.0 Å². The minimum atomic E-state index is 0. The molecule has 0 atom stereocenters. The first kappa shape index (κ1) is 39.8. The zero-order valence-corrected chi connectivity index (χ0v) is 8.41. The van der Waals surface area contributed by atoms with Crippen LogP contribution in [0.1, 0.15) is 0 Å². The molecule has 0 saturated heterocycles. The van der Waals surface area contributed by atoms with E-state index < -0.39 is 0 Å². The van der Waals surface area contributed by atoms with Crippen LogP contribution in [0.25, 0.3) is 0 Å². The van der Waals surface area contributed by atoms with E-state index in [1.807, 2.05) is 0 Å². The summed E-state index contributed by atoms with van der Waals surface area (Å²) in [6, 6.07) is 0. The minimum Gasteiger partial charge on any atom is -0.443 e. The van der Waals surface area contributed by atoms with E-state index in [0.29, 0.717) is 0 Å². The number of nitrogens with zero attached hydrogens (tertiary/aromatic N) is 4. The summed E-state index contributed by atoms with van der Waals surface area (Å²) < 4.78 is 0. The molecule has 0 aromatic heterocycles. The van der Waals surface area contributed by atoms with Gasteiger partial charge in [-0.25, -0.2) is 0 Å². The molecule has 0 bridgehead atoms. The predicted octanol–water partition coefficient (Wildman–Crippen LogP) is -0.645. The smallest absolute Gasteiger partial charge is 0.283 e. The van der Waals surface area contributed by atoms with Gasteiger partial charge in [0, 0.05) is 33.8 Å². The van der Waals surface area contributed by atoms with Crippen molar-refractivity contribution in [1.29, 1.82) is 21.0 Å². The molecule has 1 radical (unpaired) electrons. The van der Waals surface area contributed by atoms with Gasteiger partial charge in [-0.2, -0.15) is 21.0 Å². The molecule has 0 aromatic carbocycles. The Morgan fingerprint density at radius 1 is 0.571 bits per heavy atom. The van der Waals surface area contributed by atoms with Gasteiger partial charge in [-0.3, -0.25) is 0 Å². The summed E-state index contributed by atoms with van der Waals surface area (Å²) in [6.45, 7) is 0. The van der Waals surface area contributed by atoms with Gasteiger partial charge in [0.15, 0.2) is 0 Å². The summed E-state index contributed by atoms with van der Waals surface area (Å²) in [4.78, 5) is 0. The summed E-state index contributed by atoms with van der Waals surface area (Å²) in [5.41, 5.74) is 0. The molecule has 0 aromatic rings. The number of nitriles is 4. The van der Waals surface area contributed by atoms with Gasteiger partial charge in [0.2, 0.25) is 0 Å². The van der Waals surface area contributed by atoms with E-state index >= 15 is 0 Å². The van der Waals surface area contributed by atoms with Crippen molar-refractivity contribution < 1.29 is 54.3 Å². The Hall–Kier alpha value is -1.81. The first-order valence-corrected chi connectivity index (χ1v) is 1.79. The van der Waals surface area contributed by atoms with Crippen LogP contribution in [-0.2, 0) is 33.8 Å². The number of rotatable bonds is 0. The number of aliphatic hydroxyl groups excluding tert-OH is 4. The second-order valence-corrected chi connectivity index (χ2v) is 0.400. The van der Waals surface area contributed by atoms with Gasteiger partial charge in [-0.1, -0.05) is 0 Å². The normalized spacial score (nSPS) is 2.00. The van der Waals surface area contributed by atoms with Crippen molar-refractivity contribution >= 4 is 0 Å². The third-order valence-corrected chi connectivity index (χ3v) is 0. The minimum absolute atomic E-state index is 0. The predicted molar refractivity (Wildman–Crippen MR) is 30.2 cm³/mol. The largest absolute Gasteiger partial charge is 0.443 e.